The second-order valence-electron chi connectivity index (χ2n) is 14.2. The third-order valence-corrected chi connectivity index (χ3v) is 9.55. The molecule has 306 valence electrons. The van der Waals surface area contributed by atoms with Crippen LogP contribution in [0.1, 0.15) is 103 Å². The van der Waals surface area contributed by atoms with E-state index in [9.17, 15) is 5.11 Å². The predicted molar refractivity (Wildman–Crippen MR) is 254 cm³/mol. The summed E-state index contributed by atoms with van der Waals surface area (Å²) in [6.45, 7) is 16.9. The van der Waals surface area contributed by atoms with E-state index in [0.29, 0.717) is 41.3 Å². The quantitative estimate of drug-likeness (QED) is 0.104. The number of nitrogens with one attached hydrogen (secondary N) is 1. The van der Waals surface area contributed by atoms with Gasteiger partial charge in [-0.2, -0.15) is 0 Å². The van der Waals surface area contributed by atoms with Gasteiger partial charge in [0.2, 0.25) is 0 Å². The minimum atomic E-state index is 0. The van der Waals surface area contributed by atoms with Gasteiger partial charge in [0.15, 0.2) is 0 Å². The average Bonchev–Trinajstić information content (AvgIpc) is 3.10. The van der Waals surface area contributed by atoms with Crippen LogP contribution in [0.2, 0.25) is 0 Å². The van der Waals surface area contributed by atoms with Crippen molar-refractivity contribution in [2.75, 3.05) is 74.0 Å². The lowest BCUT2D eigenvalue weighted by molar-refractivity contribution is 0.301. The molecular formula is C45H79I2N3O3. The van der Waals surface area contributed by atoms with Crippen molar-refractivity contribution < 1.29 is 14.6 Å². The third-order valence-electron chi connectivity index (χ3n) is 9.55. The van der Waals surface area contributed by atoms with E-state index in [4.69, 9.17) is 9.47 Å². The molecule has 0 aliphatic rings. The van der Waals surface area contributed by atoms with Crippen LogP contribution in [0.3, 0.4) is 0 Å². The topological polar surface area (TPSA) is 57.2 Å². The Balaban J connectivity index is -0.000000678. The highest BCUT2D eigenvalue weighted by molar-refractivity contribution is 14.1. The van der Waals surface area contributed by atoms with Gasteiger partial charge in [-0.1, -0.05) is 108 Å². The number of rotatable bonds is 17. The van der Waals surface area contributed by atoms with Gasteiger partial charge < -0.3 is 29.7 Å². The summed E-state index contributed by atoms with van der Waals surface area (Å²) >= 11 is 2.15. The monoisotopic (exact) mass is 963 g/mol. The number of alkyl halides is 1. The van der Waals surface area contributed by atoms with Gasteiger partial charge in [0, 0.05) is 13.1 Å². The lowest BCUT2D eigenvalue weighted by Gasteiger charge is -2.26. The summed E-state index contributed by atoms with van der Waals surface area (Å²) in [5.74, 6) is 5.90. The molecule has 0 aromatic heterocycles. The molecular weight excluding hydrogens is 884 g/mol. The number of ether oxygens (including phenoxy) is 2. The standard InChI is InChI=1S/C15H25NO.2C14H23NO.CH3I.CH4.HI/c1-6-15(12(2)11-16(3)4)13-8-7-9-14(10-13)17-5;1-5-14(11(2)10-15-3)12-7-6-8-13(9-12)16-4;1-5-14(11(2)10-15(3)4)12-7-6-8-13(16)9-12;1-2;;/h7-10,12,15H,6,11H2,1-5H3;6-9,11,14-15H,5,10H2,1-4H3;6-9,11,14,16H,5,10H2,1-4H3;1H3;1H4;1H/t12-,15+;2*11-,14+;;;/m000.../s1. The summed E-state index contributed by atoms with van der Waals surface area (Å²) in [7, 11) is 13.9. The molecule has 0 aliphatic heterocycles. The summed E-state index contributed by atoms with van der Waals surface area (Å²) in [5, 5.41) is 12.8. The highest BCUT2D eigenvalue weighted by Gasteiger charge is 2.20. The van der Waals surface area contributed by atoms with Crippen LogP contribution in [0.4, 0.5) is 0 Å². The van der Waals surface area contributed by atoms with Crippen molar-refractivity contribution in [3.63, 3.8) is 0 Å². The largest absolute Gasteiger partial charge is 0.508 e. The fraction of sp³-hybridized carbons (Fsp3) is 0.600. The molecule has 3 rings (SSSR count). The second kappa shape index (κ2) is 32.6. The minimum absolute atomic E-state index is 0. The number of aromatic hydroxyl groups is 1. The molecule has 0 amide bonds. The molecule has 0 spiro atoms. The zero-order chi connectivity index (χ0) is 38.9. The summed E-state index contributed by atoms with van der Waals surface area (Å²) < 4.78 is 10.6. The lowest BCUT2D eigenvalue weighted by Crippen LogP contribution is -2.24. The second-order valence-corrected chi connectivity index (χ2v) is 14.2. The Bertz CT molecular complexity index is 1290. The first-order chi connectivity index (χ1) is 24.3. The molecule has 3 aromatic rings. The fourth-order valence-electron chi connectivity index (χ4n) is 7.27. The van der Waals surface area contributed by atoms with Crippen molar-refractivity contribution >= 4 is 46.6 Å². The SMILES string of the molecule is C.CC[C@@H](c1cccc(O)c1)[C@@H](C)CN(C)C.CC[C@@H](c1cccc(OC)c1)[C@@H](C)CN(C)C.CC[C@@H](c1cccc(OC)c1)[C@@H](C)CNC.CI.I. The number of halogens is 2. The Hall–Kier alpha value is -1.60. The van der Waals surface area contributed by atoms with Crippen molar-refractivity contribution in [3.8, 4) is 17.2 Å². The first-order valence-corrected chi connectivity index (χ1v) is 20.9. The van der Waals surface area contributed by atoms with Gasteiger partial charge in [-0.3, -0.25) is 0 Å². The Labute approximate surface area is 358 Å². The highest BCUT2D eigenvalue weighted by atomic mass is 127. The Morgan fingerprint density at radius 3 is 1.26 bits per heavy atom. The van der Waals surface area contributed by atoms with E-state index in [2.05, 4.69) is 150 Å². The van der Waals surface area contributed by atoms with Crippen molar-refractivity contribution in [1.82, 2.24) is 15.1 Å². The third kappa shape index (κ3) is 21.9. The van der Waals surface area contributed by atoms with Gasteiger partial charge in [-0.15, -0.1) is 24.0 Å². The van der Waals surface area contributed by atoms with Gasteiger partial charge in [0.05, 0.1) is 14.2 Å². The summed E-state index contributed by atoms with van der Waals surface area (Å²) in [6, 6.07) is 24.5. The number of hydrogen-bond donors (Lipinski definition) is 2. The minimum Gasteiger partial charge on any atom is -0.508 e. The Morgan fingerprint density at radius 2 is 0.962 bits per heavy atom. The predicted octanol–water partition coefficient (Wildman–Crippen LogP) is 11.8. The van der Waals surface area contributed by atoms with E-state index in [1.807, 2.05) is 36.2 Å². The van der Waals surface area contributed by atoms with Crippen LogP contribution in [0.25, 0.3) is 0 Å². The van der Waals surface area contributed by atoms with Gasteiger partial charge in [0.25, 0.3) is 0 Å². The number of methoxy groups -OCH3 is 2. The van der Waals surface area contributed by atoms with Crippen molar-refractivity contribution in [1.29, 1.82) is 0 Å². The number of nitrogens with zero attached hydrogens (tertiary/aromatic N) is 2. The maximum absolute atomic E-state index is 9.51. The first kappa shape index (κ1) is 55.7. The molecule has 0 bridgehead atoms. The molecule has 53 heavy (non-hydrogen) atoms. The summed E-state index contributed by atoms with van der Waals surface area (Å²) in [6.07, 6.45) is 3.44. The van der Waals surface area contributed by atoms with Crippen LogP contribution in [0.15, 0.2) is 72.8 Å². The van der Waals surface area contributed by atoms with Gasteiger partial charge in [-0.05, 0) is 155 Å². The van der Waals surface area contributed by atoms with Gasteiger partial charge in [0.1, 0.15) is 17.2 Å². The van der Waals surface area contributed by atoms with E-state index in [-0.39, 0.29) is 31.4 Å². The molecule has 0 unspecified atom stereocenters. The Kier molecular flexibility index (Phi) is 34.3. The molecule has 2 N–H and O–H groups in total. The van der Waals surface area contributed by atoms with Crippen LogP contribution in [-0.4, -0.2) is 88.9 Å². The molecule has 6 atom stereocenters. The summed E-state index contributed by atoms with van der Waals surface area (Å²) in [4.78, 5) is 6.45. The normalized spacial score (nSPS) is 13.8. The molecule has 0 heterocycles. The van der Waals surface area contributed by atoms with Crippen LogP contribution in [-0.2, 0) is 0 Å². The maximum Gasteiger partial charge on any atom is 0.119 e. The van der Waals surface area contributed by atoms with E-state index < -0.39 is 0 Å². The van der Waals surface area contributed by atoms with Crippen molar-refractivity contribution in [2.24, 2.45) is 17.8 Å². The van der Waals surface area contributed by atoms with E-state index >= 15 is 0 Å². The number of benzene rings is 3. The molecule has 0 saturated carbocycles. The van der Waals surface area contributed by atoms with Crippen molar-refractivity contribution in [2.45, 2.75) is 86.0 Å². The first-order valence-electron chi connectivity index (χ1n) is 18.7. The molecule has 0 fully saturated rings. The van der Waals surface area contributed by atoms with E-state index in [1.165, 1.54) is 23.1 Å². The molecule has 3 aromatic carbocycles. The molecule has 6 nitrogen and oxygen atoms in total. The van der Waals surface area contributed by atoms with Gasteiger partial charge in [-0.25, -0.2) is 0 Å². The zero-order valence-electron chi connectivity index (χ0n) is 35.1. The Morgan fingerprint density at radius 1 is 0.623 bits per heavy atom. The number of phenolic OH excluding ortho intramolecular Hbond substituents is 1. The molecule has 0 aliphatic carbocycles. The van der Waals surface area contributed by atoms with Crippen LogP contribution < -0.4 is 14.8 Å². The van der Waals surface area contributed by atoms with E-state index in [1.54, 1.807) is 20.3 Å². The lowest BCUT2D eigenvalue weighted by atomic mass is 9.85. The van der Waals surface area contributed by atoms with Gasteiger partial charge >= 0.3 is 0 Å². The molecule has 0 radical (unpaired) electrons. The number of hydrogen-bond acceptors (Lipinski definition) is 6. The number of phenols is 1. The molecule has 8 heteroatoms. The molecule has 0 saturated heterocycles. The van der Waals surface area contributed by atoms with Crippen LogP contribution >= 0.6 is 46.6 Å². The average molecular weight is 964 g/mol. The highest BCUT2D eigenvalue weighted by Crippen LogP contribution is 2.32. The van der Waals surface area contributed by atoms with Crippen molar-refractivity contribution in [3.05, 3.63) is 89.5 Å². The maximum atomic E-state index is 9.51. The van der Waals surface area contributed by atoms with Crippen LogP contribution in [0, 0.1) is 17.8 Å². The summed E-state index contributed by atoms with van der Waals surface area (Å²) in [5.41, 5.74) is 4.02. The fourth-order valence-corrected chi connectivity index (χ4v) is 7.27. The van der Waals surface area contributed by atoms with Crippen LogP contribution in [0.5, 0.6) is 17.2 Å². The van der Waals surface area contributed by atoms with E-state index in [0.717, 1.165) is 44.0 Å². The smallest absolute Gasteiger partial charge is 0.119 e. The zero-order valence-corrected chi connectivity index (χ0v) is 39.6.